The van der Waals surface area contributed by atoms with E-state index < -0.39 is 8.32 Å². The molecule has 0 aromatic rings. The fraction of sp³-hybridized carbons (Fsp3) is 0.750. The average molecular weight is 280 g/mol. The van der Waals surface area contributed by atoms with Crippen LogP contribution >= 0.6 is 0 Å². The normalized spacial score (nSPS) is 32.5. The third kappa shape index (κ3) is 2.88. The van der Waals surface area contributed by atoms with E-state index in [0.29, 0.717) is 17.8 Å². The van der Waals surface area contributed by atoms with Gasteiger partial charge in [0, 0.05) is 12.5 Å². The number of hydrogen-bond acceptors (Lipinski definition) is 2. The van der Waals surface area contributed by atoms with Gasteiger partial charge in [0.2, 0.25) is 0 Å². The van der Waals surface area contributed by atoms with Crippen LogP contribution in [-0.2, 0) is 4.43 Å². The summed E-state index contributed by atoms with van der Waals surface area (Å²) < 4.78 is 6.39. The summed E-state index contributed by atoms with van der Waals surface area (Å²) in [6, 6.07) is 0. The molecular weight excluding hydrogens is 252 g/mol. The van der Waals surface area contributed by atoms with Crippen molar-refractivity contribution in [2.24, 2.45) is 17.8 Å². The van der Waals surface area contributed by atoms with Crippen LogP contribution in [0.5, 0.6) is 0 Å². The van der Waals surface area contributed by atoms with Crippen LogP contribution in [0.4, 0.5) is 0 Å². The Bertz CT molecular complexity index is 390. The van der Waals surface area contributed by atoms with Gasteiger partial charge in [0.15, 0.2) is 8.32 Å². The van der Waals surface area contributed by atoms with E-state index in [1.54, 1.807) is 0 Å². The molecule has 0 spiro atoms. The topological polar surface area (TPSA) is 29.5 Å². The van der Waals surface area contributed by atoms with E-state index in [0.717, 1.165) is 6.61 Å². The second-order valence-corrected chi connectivity index (χ2v) is 12.3. The van der Waals surface area contributed by atoms with Gasteiger partial charge in [-0.1, -0.05) is 44.6 Å². The zero-order valence-electron chi connectivity index (χ0n) is 12.9. The fourth-order valence-corrected chi connectivity index (χ4v) is 3.97. The highest BCUT2D eigenvalue weighted by atomic mass is 28.4. The van der Waals surface area contributed by atoms with Crippen molar-refractivity contribution < 1.29 is 9.53 Å². The zero-order chi connectivity index (χ0) is 14.3. The largest absolute Gasteiger partial charge is 0.416 e. The number of aliphatic hydroxyl groups is 1. The first kappa shape index (κ1) is 15.0. The molecule has 1 fully saturated rings. The highest BCUT2D eigenvalue weighted by Gasteiger charge is 2.43. The Balaban J connectivity index is 2.04. The molecule has 2 aliphatic rings. The lowest BCUT2D eigenvalue weighted by Gasteiger charge is -2.38. The maximum atomic E-state index is 9.20. The molecule has 2 rings (SSSR count). The van der Waals surface area contributed by atoms with Crippen LogP contribution in [0.2, 0.25) is 18.1 Å². The van der Waals surface area contributed by atoms with Crippen LogP contribution in [0.3, 0.4) is 0 Å². The SMILES string of the molecule is CC(C)(C)[Si](C)(C)OC[C@@H]1/C(=C\CO)[C@@H]2C=C[C@H]1C2. The summed E-state index contributed by atoms with van der Waals surface area (Å²) in [5.74, 6) is 1.69. The quantitative estimate of drug-likeness (QED) is 0.628. The van der Waals surface area contributed by atoms with Crippen molar-refractivity contribution in [1.29, 1.82) is 0 Å². The van der Waals surface area contributed by atoms with Gasteiger partial charge in [-0.3, -0.25) is 0 Å². The maximum absolute atomic E-state index is 9.20. The van der Waals surface area contributed by atoms with E-state index in [4.69, 9.17) is 4.43 Å². The molecular formula is C16H28O2Si. The molecule has 2 aliphatic carbocycles. The monoisotopic (exact) mass is 280 g/mol. The number of rotatable bonds is 4. The second kappa shape index (κ2) is 5.19. The molecule has 0 amide bonds. The van der Waals surface area contributed by atoms with Gasteiger partial charge in [0.1, 0.15) is 0 Å². The Morgan fingerprint density at radius 3 is 2.63 bits per heavy atom. The van der Waals surface area contributed by atoms with Crippen molar-refractivity contribution in [3.63, 3.8) is 0 Å². The molecule has 0 aromatic heterocycles. The predicted octanol–water partition coefficient (Wildman–Crippen LogP) is 3.75. The van der Waals surface area contributed by atoms with Crippen LogP contribution in [0.25, 0.3) is 0 Å². The molecule has 1 N–H and O–H groups in total. The summed E-state index contributed by atoms with van der Waals surface area (Å²) in [5, 5.41) is 9.46. The van der Waals surface area contributed by atoms with Gasteiger partial charge < -0.3 is 9.53 Å². The highest BCUT2D eigenvalue weighted by Crippen LogP contribution is 2.48. The molecule has 2 nitrogen and oxygen atoms in total. The third-order valence-corrected chi connectivity index (χ3v) is 9.75. The molecule has 0 aliphatic heterocycles. The molecule has 1 saturated carbocycles. The number of hydrogen-bond donors (Lipinski definition) is 1. The second-order valence-electron chi connectivity index (χ2n) is 7.46. The highest BCUT2D eigenvalue weighted by molar-refractivity contribution is 6.74. The van der Waals surface area contributed by atoms with Gasteiger partial charge in [-0.25, -0.2) is 0 Å². The van der Waals surface area contributed by atoms with E-state index in [-0.39, 0.29) is 11.6 Å². The van der Waals surface area contributed by atoms with Crippen molar-refractivity contribution in [1.82, 2.24) is 0 Å². The molecule has 19 heavy (non-hydrogen) atoms. The lowest BCUT2D eigenvalue weighted by Crippen LogP contribution is -2.42. The summed E-state index contributed by atoms with van der Waals surface area (Å²) in [4.78, 5) is 0. The van der Waals surface area contributed by atoms with E-state index >= 15 is 0 Å². The van der Waals surface area contributed by atoms with Crippen LogP contribution in [0.15, 0.2) is 23.8 Å². The van der Waals surface area contributed by atoms with E-state index in [9.17, 15) is 5.11 Å². The summed E-state index contributed by atoms with van der Waals surface area (Å²) in [6.45, 7) is 12.5. The van der Waals surface area contributed by atoms with Crippen LogP contribution in [-0.4, -0.2) is 26.6 Å². The number of allylic oxidation sites excluding steroid dienone is 2. The Kier molecular flexibility index (Phi) is 4.10. The zero-order valence-corrected chi connectivity index (χ0v) is 13.9. The van der Waals surface area contributed by atoms with Gasteiger partial charge in [0.25, 0.3) is 0 Å². The van der Waals surface area contributed by atoms with E-state index in [2.05, 4.69) is 46.0 Å². The predicted molar refractivity (Wildman–Crippen MR) is 82.5 cm³/mol. The summed E-state index contributed by atoms with van der Waals surface area (Å²) in [7, 11) is -1.67. The Labute approximate surface area is 118 Å². The van der Waals surface area contributed by atoms with Crippen LogP contribution in [0, 0.1) is 17.8 Å². The number of fused-ring (bicyclic) bond motifs is 2. The Hall–Kier alpha value is -0.383. The van der Waals surface area contributed by atoms with Crippen LogP contribution < -0.4 is 0 Å². The Morgan fingerprint density at radius 1 is 1.37 bits per heavy atom. The minimum atomic E-state index is -1.67. The van der Waals surface area contributed by atoms with E-state index in [1.807, 2.05) is 6.08 Å². The summed E-state index contributed by atoms with van der Waals surface area (Å²) in [6.07, 6.45) is 7.87. The minimum absolute atomic E-state index is 0.156. The van der Waals surface area contributed by atoms with Gasteiger partial charge in [-0.05, 0) is 36.4 Å². The van der Waals surface area contributed by atoms with Crippen molar-refractivity contribution in [2.75, 3.05) is 13.2 Å². The fourth-order valence-electron chi connectivity index (χ4n) is 2.94. The molecule has 0 saturated heterocycles. The summed E-state index contributed by atoms with van der Waals surface area (Å²) in [5.41, 5.74) is 1.41. The minimum Gasteiger partial charge on any atom is -0.416 e. The van der Waals surface area contributed by atoms with Crippen molar-refractivity contribution >= 4 is 8.32 Å². The van der Waals surface area contributed by atoms with E-state index in [1.165, 1.54) is 12.0 Å². The first-order valence-corrected chi connectivity index (χ1v) is 10.3. The van der Waals surface area contributed by atoms with Gasteiger partial charge in [0.05, 0.1) is 6.61 Å². The van der Waals surface area contributed by atoms with Crippen LogP contribution in [0.1, 0.15) is 27.2 Å². The molecule has 0 radical (unpaired) electrons. The van der Waals surface area contributed by atoms with Gasteiger partial charge in [-0.15, -0.1) is 0 Å². The standard InChI is InChI=1S/C16H28O2Si/c1-16(2,3)19(4,5)18-11-15-13-7-6-12(10-13)14(15)8-9-17/h6-8,12-13,15,17H,9-11H2,1-5H3/b14-8-/t12-,13+,15+/m1/s1. The van der Waals surface area contributed by atoms with Crippen molar-refractivity contribution in [2.45, 2.75) is 45.3 Å². The lowest BCUT2D eigenvalue weighted by molar-refractivity contribution is 0.229. The summed E-state index contributed by atoms with van der Waals surface area (Å²) >= 11 is 0. The first-order chi connectivity index (χ1) is 8.76. The molecule has 2 bridgehead atoms. The molecule has 108 valence electrons. The van der Waals surface area contributed by atoms with Gasteiger partial charge in [-0.2, -0.15) is 0 Å². The first-order valence-electron chi connectivity index (χ1n) is 7.39. The van der Waals surface area contributed by atoms with Crippen molar-refractivity contribution in [3.05, 3.63) is 23.8 Å². The molecule has 3 atom stereocenters. The molecule has 0 aromatic carbocycles. The smallest absolute Gasteiger partial charge is 0.192 e. The third-order valence-electron chi connectivity index (χ3n) is 5.25. The van der Waals surface area contributed by atoms with Gasteiger partial charge >= 0.3 is 0 Å². The van der Waals surface area contributed by atoms with Crippen molar-refractivity contribution in [3.8, 4) is 0 Å². The lowest BCUT2D eigenvalue weighted by atomic mass is 9.89. The Morgan fingerprint density at radius 2 is 2.05 bits per heavy atom. The number of aliphatic hydroxyl groups excluding tert-OH is 1. The maximum Gasteiger partial charge on any atom is 0.192 e. The molecule has 0 unspecified atom stereocenters. The molecule has 3 heteroatoms. The molecule has 0 heterocycles. The average Bonchev–Trinajstić information content (AvgIpc) is 2.86.